The van der Waals surface area contributed by atoms with Crippen molar-refractivity contribution in [3.63, 3.8) is 0 Å². The smallest absolute Gasteiger partial charge is 0.245 e. The average molecular weight is 384 g/mol. The molecule has 0 bridgehead atoms. The molecule has 0 heterocycles. The standard InChI is InChI=1S/C20H33N3O2.ClH/c1-14(2)17(21)11-12-23(5)20(25)19(15(3)4)22-18(24)13-16-9-7-6-8-10-16;/h6-10,14-15,17,19H,11-13,21H2,1-5H3,(H,22,24);1H. The highest BCUT2D eigenvalue weighted by Gasteiger charge is 2.27. The highest BCUT2D eigenvalue weighted by atomic mass is 35.5. The Balaban J connectivity index is 0.00000625. The Bertz CT molecular complexity index is 549. The van der Waals surface area contributed by atoms with Crippen LogP contribution in [0.4, 0.5) is 0 Å². The van der Waals surface area contributed by atoms with Crippen molar-refractivity contribution < 1.29 is 9.59 Å². The van der Waals surface area contributed by atoms with Gasteiger partial charge in [-0.25, -0.2) is 0 Å². The van der Waals surface area contributed by atoms with E-state index in [2.05, 4.69) is 19.2 Å². The molecule has 0 spiro atoms. The molecule has 0 fully saturated rings. The Labute approximate surface area is 164 Å². The number of benzene rings is 1. The van der Waals surface area contributed by atoms with E-state index in [4.69, 9.17) is 5.73 Å². The molecule has 148 valence electrons. The van der Waals surface area contributed by atoms with Crippen LogP contribution in [0.25, 0.3) is 0 Å². The predicted octanol–water partition coefficient (Wildman–Crippen LogP) is 2.62. The molecule has 1 aromatic carbocycles. The summed E-state index contributed by atoms with van der Waals surface area (Å²) < 4.78 is 0. The largest absolute Gasteiger partial charge is 0.344 e. The summed E-state index contributed by atoms with van der Waals surface area (Å²) in [5.74, 6) is 0.210. The zero-order valence-electron chi connectivity index (χ0n) is 16.6. The van der Waals surface area contributed by atoms with Gasteiger partial charge in [-0.2, -0.15) is 0 Å². The maximum Gasteiger partial charge on any atom is 0.245 e. The predicted molar refractivity (Wildman–Crippen MR) is 109 cm³/mol. The molecular weight excluding hydrogens is 350 g/mol. The van der Waals surface area contributed by atoms with Crippen LogP contribution >= 0.6 is 12.4 Å². The van der Waals surface area contributed by atoms with Gasteiger partial charge in [0.2, 0.25) is 11.8 Å². The van der Waals surface area contributed by atoms with E-state index in [1.54, 1.807) is 11.9 Å². The molecule has 0 aliphatic rings. The Hall–Kier alpha value is -1.59. The maximum atomic E-state index is 12.7. The molecule has 1 aromatic rings. The Morgan fingerprint density at radius 2 is 1.65 bits per heavy atom. The van der Waals surface area contributed by atoms with E-state index in [0.29, 0.717) is 12.5 Å². The first-order chi connectivity index (χ1) is 11.7. The van der Waals surface area contributed by atoms with Gasteiger partial charge in [0, 0.05) is 19.6 Å². The second-order valence-electron chi connectivity index (χ2n) is 7.41. The number of carbonyl (C=O) groups excluding carboxylic acids is 2. The number of rotatable bonds is 9. The average Bonchev–Trinajstić information content (AvgIpc) is 2.57. The Morgan fingerprint density at radius 3 is 2.15 bits per heavy atom. The fraction of sp³-hybridized carbons (Fsp3) is 0.600. The van der Waals surface area contributed by atoms with Crippen molar-refractivity contribution in [2.24, 2.45) is 17.6 Å². The number of nitrogens with one attached hydrogen (secondary N) is 1. The molecule has 0 aromatic heterocycles. The third kappa shape index (κ3) is 8.19. The highest BCUT2D eigenvalue weighted by Crippen LogP contribution is 2.09. The summed E-state index contributed by atoms with van der Waals surface area (Å²) in [4.78, 5) is 26.7. The monoisotopic (exact) mass is 383 g/mol. The van der Waals surface area contributed by atoms with E-state index in [9.17, 15) is 9.59 Å². The van der Waals surface area contributed by atoms with Crippen LogP contribution in [0.1, 0.15) is 39.7 Å². The minimum atomic E-state index is -0.517. The van der Waals surface area contributed by atoms with Crippen LogP contribution in [0.15, 0.2) is 30.3 Å². The van der Waals surface area contributed by atoms with E-state index < -0.39 is 6.04 Å². The maximum absolute atomic E-state index is 12.7. The van der Waals surface area contributed by atoms with Gasteiger partial charge in [-0.15, -0.1) is 12.4 Å². The SMILES string of the molecule is CC(C)C(N)CCN(C)C(=O)C(NC(=O)Cc1ccccc1)C(C)C.Cl. The first-order valence-corrected chi connectivity index (χ1v) is 9.06. The lowest BCUT2D eigenvalue weighted by Crippen LogP contribution is -2.51. The molecule has 1 rings (SSSR count). The second-order valence-corrected chi connectivity index (χ2v) is 7.41. The van der Waals surface area contributed by atoms with E-state index >= 15 is 0 Å². The molecule has 26 heavy (non-hydrogen) atoms. The van der Waals surface area contributed by atoms with Gasteiger partial charge in [-0.05, 0) is 23.8 Å². The lowest BCUT2D eigenvalue weighted by molar-refractivity contribution is -0.136. The summed E-state index contributed by atoms with van der Waals surface area (Å²) in [5.41, 5.74) is 7.00. The van der Waals surface area contributed by atoms with Crippen molar-refractivity contribution in [1.82, 2.24) is 10.2 Å². The summed E-state index contributed by atoms with van der Waals surface area (Å²) in [7, 11) is 1.77. The van der Waals surface area contributed by atoms with Crippen molar-refractivity contribution in [3.05, 3.63) is 35.9 Å². The van der Waals surface area contributed by atoms with Crippen LogP contribution in [-0.2, 0) is 16.0 Å². The molecule has 2 unspecified atom stereocenters. The van der Waals surface area contributed by atoms with Crippen molar-refractivity contribution in [1.29, 1.82) is 0 Å². The number of nitrogens with zero attached hydrogens (tertiary/aromatic N) is 1. The first kappa shape index (κ1) is 24.4. The number of nitrogens with two attached hydrogens (primary N) is 1. The zero-order chi connectivity index (χ0) is 19.0. The molecule has 2 atom stereocenters. The van der Waals surface area contributed by atoms with Crippen LogP contribution in [0.2, 0.25) is 0 Å². The minimum Gasteiger partial charge on any atom is -0.344 e. The van der Waals surface area contributed by atoms with E-state index in [-0.39, 0.29) is 42.6 Å². The Kier molecular flexibility index (Phi) is 11.2. The summed E-state index contributed by atoms with van der Waals surface area (Å²) >= 11 is 0. The lowest BCUT2D eigenvalue weighted by atomic mass is 10.00. The number of hydrogen-bond acceptors (Lipinski definition) is 3. The quantitative estimate of drug-likeness (QED) is 0.688. The van der Waals surface area contributed by atoms with Gasteiger partial charge in [0.05, 0.1) is 6.42 Å². The van der Waals surface area contributed by atoms with Gasteiger partial charge in [0.15, 0.2) is 0 Å². The normalized spacial score (nSPS) is 13.1. The summed E-state index contributed by atoms with van der Waals surface area (Å²) in [6.45, 7) is 8.63. The molecule has 2 amide bonds. The van der Waals surface area contributed by atoms with Crippen molar-refractivity contribution in [2.45, 2.75) is 52.6 Å². The fourth-order valence-electron chi connectivity index (χ4n) is 2.54. The molecule has 0 saturated heterocycles. The third-order valence-corrected chi connectivity index (χ3v) is 4.49. The van der Waals surface area contributed by atoms with Crippen molar-refractivity contribution in [3.8, 4) is 0 Å². The van der Waals surface area contributed by atoms with Crippen LogP contribution in [0, 0.1) is 11.8 Å². The van der Waals surface area contributed by atoms with Gasteiger partial charge in [0.1, 0.15) is 6.04 Å². The van der Waals surface area contributed by atoms with E-state index in [1.807, 2.05) is 44.2 Å². The number of amides is 2. The van der Waals surface area contributed by atoms with Crippen LogP contribution in [0.5, 0.6) is 0 Å². The van der Waals surface area contributed by atoms with E-state index in [1.165, 1.54) is 0 Å². The summed E-state index contributed by atoms with van der Waals surface area (Å²) in [6, 6.07) is 9.09. The van der Waals surface area contributed by atoms with E-state index in [0.717, 1.165) is 12.0 Å². The third-order valence-electron chi connectivity index (χ3n) is 4.49. The van der Waals surface area contributed by atoms with Gasteiger partial charge >= 0.3 is 0 Å². The molecular formula is C20H34ClN3O2. The number of hydrogen-bond donors (Lipinski definition) is 2. The van der Waals surface area contributed by atoms with Crippen molar-refractivity contribution in [2.75, 3.05) is 13.6 Å². The molecule has 0 aliphatic carbocycles. The lowest BCUT2D eigenvalue weighted by Gasteiger charge is -2.28. The molecule has 6 heteroatoms. The van der Waals surface area contributed by atoms with Gasteiger partial charge < -0.3 is 16.0 Å². The van der Waals surface area contributed by atoms with Gasteiger partial charge in [0.25, 0.3) is 0 Å². The summed E-state index contributed by atoms with van der Waals surface area (Å²) in [5, 5.41) is 2.89. The molecule has 3 N–H and O–H groups in total. The minimum absolute atomic E-state index is 0. The molecule has 0 aliphatic heterocycles. The van der Waals surface area contributed by atoms with Crippen LogP contribution in [-0.4, -0.2) is 42.4 Å². The molecule has 5 nitrogen and oxygen atoms in total. The molecule has 0 radical (unpaired) electrons. The van der Waals surface area contributed by atoms with Crippen LogP contribution in [0.3, 0.4) is 0 Å². The fourth-order valence-corrected chi connectivity index (χ4v) is 2.54. The number of likely N-dealkylation sites (N-methyl/N-ethyl adjacent to an activating group) is 1. The highest BCUT2D eigenvalue weighted by molar-refractivity contribution is 5.88. The van der Waals surface area contributed by atoms with Gasteiger partial charge in [-0.1, -0.05) is 58.0 Å². The zero-order valence-corrected chi connectivity index (χ0v) is 17.4. The number of halogens is 1. The molecule has 0 saturated carbocycles. The second kappa shape index (κ2) is 11.9. The Morgan fingerprint density at radius 1 is 1.08 bits per heavy atom. The first-order valence-electron chi connectivity index (χ1n) is 9.06. The van der Waals surface area contributed by atoms with Gasteiger partial charge in [-0.3, -0.25) is 9.59 Å². The summed E-state index contributed by atoms with van der Waals surface area (Å²) in [6.07, 6.45) is 1.03. The number of carbonyl (C=O) groups is 2. The topological polar surface area (TPSA) is 75.4 Å². The van der Waals surface area contributed by atoms with Crippen molar-refractivity contribution >= 4 is 24.2 Å². The van der Waals surface area contributed by atoms with Crippen LogP contribution < -0.4 is 11.1 Å².